The number of rotatable bonds is 5. The summed E-state index contributed by atoms with van der Waals surface area (Å²) in [6, 6.07) is 8.66. The third-order valence-corrected chi connectivity index (χ3v) is 3.92. The maximum Gasteiger partial charge on any atom is 0.120 e. The molecule has 0 saturated heterocycles. The van der Waals surface area contributed by atoms with Crippen LogP contribution in [0.2, 0.25) is 0 Å². The van der Waals surface area contributed by atoms with E-state index in [0.717, 1.165) is 25.0 Å². The first-order valence-corrected chi connectivity index (χ1v) is 7.77. The first-order valence-electron chi connectivity index (χ1n) is 7.77. The highest BCUT2D eigenvalue weighted by Gasteiger charge is 2.24. The van der Waals surface area contributed by atoms with Gasteiger partial charge in [-0.25, -0.2) is 0 Å². The second-order valence-electron chi connectivity index (χ2n) is 6.09. The fourth-order valence-electron chi connectivity index (χ4n) is 2.85. The van der Waals surface area contributed by atoms with Crippen molar-refractivity contribution in [3.05, 3.63) is 29.8 Å². The summed E-state index contributed by atoms with van der Waals surface area (Å²) in [5.41, 5.74) is 1.21. The van der Waals surface area contributed by atoms with Gasteiger partial charge < -0.3 is 15.2 Å². The molecule has 0 spiro atoms. The van der Waals surface area contributed by atoms with Crippen LogP contribution >= 0.6 is 0 Å². The number of benzene rings is 1. The quantitative estimate of drug-likeness (QED) is 0.866. The van der Waals surface area contributed by atoms with Gasteiger partial charge in [0.15, 0.2) is 0 Å². The predicted octanol–water partition coefficient (Wildman–Crippen LogP) is 3.43. The van der Waals surface area contributed by atoms with Gasteiger partial charge >= 0.3 is 0 Å². The molecule has 3 unspecified atom stereocenters. The van der Waals surface area contributed by atoms with Gasteiger partial charge in [0.1, 0.15) is 5.75 Å². The predicted molar refractivity (Wildman–Crippen MR) is 82.0 cm³/mol. The van der Waals surface area contributed by atoms with Gasteiger partial charge in [0.25, 0.3) is 0 Å². The summed E-state index contributed by atoms with van der Waals surface area (Å²) in [5.74, 6) is 0.912. The molecule has 0 heterocycles. The Morgan fingerprint density at radius 3 is 2.65 bits per heavy atom. The van der Waals surface area contributed by atoms with E-state index in [1.165, 1.54) is 12.0 Å². The summed E-state index contributed by atoms with van der Waals surface area (Å²) in [5, 5.41) is 13.6. The zero-order chi connectivity index (χ0) is 14.5. The normalized spacial score (nSPS) is 24.6. The smallest absolute Gasteiger partial charge is 0.120 e. The molecular formula is C17H27NO2. The summed E-state index contributed by atoms with van der Waals surface area (Å²) in [6.07, 6.45) is 4.31. The van der Waals surface area contributed by atoms with Crippen LogP contribution in [0.3, 0.4) is 0 Å². The number of ether oxygens (including phenoxy) is 1. The van der Waals surface area contributed by atoms with Crippen molar-refractivity contribution < 1.29 is 9.84 Å². The molecule has 2 rings (SSSR count). The molecule has 0 bridgehead atoms. The van der Waals surface area contributed by atoms with E-state index in [9.17, 15) is 5.11 Å². The molecule has 0 amide bonds. The third-order valence-electron chi connectivity index (χ3n) is 3.92. The summed E-state index contributed by atoms with van der Waals surface area (Å²) in [7, 11) is 0. The van der Waals surface area contributed by atoms with Gasteiger partial charge in [0, 0.05) is 12.1 Å². The van der Waals surface area contributed by atoms with E-state index in [0.29, 0.717) is 0 Å². The molecule has 3 nitrogen and oxygen atoms in total. The minimum absolute atomic E-state index is 0.189. The van der Waals surface area contributed by atoms with Crippen molar-refractivity contribution in [2.24, 2.45) is 0 Å². The Kier molecular flexibility index (Phi) is 5.44. The molecule has 0 aromatic heterocycles. The van der Waals surface area contributed by atoms with Gasteiger partial charge in [0.05, 0.1) is 12.2 Å². The van der Waals surface area contributed by atoms with Crippen LogP contribution < -0.4 is 10.1 Å². The zero-order valence-electron chi connectivity index (χ0n) is 12.8. The molecule has 1 fully saturated rings. The summed E-state index contributed by atoms with van der Waals surface area (Å²) >= 11 is 0. The van der Waals surface area contributed by atoms with Crippen molar-refractivity contribution in [2.75, 3.05) is 0 Å². The van der Waals surface area contributed by atoms with Gasteiger partial charge in [-0.05, 0) is 51.3 Å². The van der Waals surface area contributed by atoms with Crippen molar-refractivity contribution in [1.29, 1.82) is 0 Å². The standard InChI is InChI=1S/C17H27NO2/c1-12(2)20-15-8-6-7-14(11-15)13(3)18-16-9-4-5-10-17(16)19/h6-8,11-13,16-19H,4-5,9-10H2,1-3H3. The fourth-order valence-corrected chi connectivity index (χ4v) is 2.85. The van der Waals surface area contributed by atoms with E-state index < -0.39 is 0 Å². The van der Waals surface area contributed by atoms with Crippen LogP contribution in [0.25, 0.3) is 0 Å². The van der Waals surface area contributed by atoms with E-state index in [1.54, 1.807) is 0 Å². The molecule has 1 saturated carbocycles. The molecule has 112 valence electrons. The maximum absolute atomic E-state index is 10.1. The zero-order valence-corrected chi connectivity index (χ0v) is 12.8. The van der Waals surface area contributed by atoms with E-state index >= 15 is 0 Å². The lowest BCUT2D eigenvalue weighted by atomic mass is 9.91. The SMILES string of the molecule is CC(C)Oc1cccc(C(C)NC2CCCCC2O)c1. The average molecular weight is 277 g/mol. The van der Waals surface area contributed by atoms with Crippen LogP contribution in [0.1, 0.15) is 58.1 Å². The van der Waals surface area contributed by atoms with E-state index in [4.69, 9.17) is 4.74 Å². The molecule has 3 heteroatoms. The summed E-state index contributed by atoms with van der Waals surface area (Å²) in [6.45, 7) is 6.22. The van der Waals surface area contributed by atoms with Crippen LogP contribution in [-0.2, 0) is 0 Å². The number of hydrogen-bond acceptors (Lipinski definition) is 3. The van der Waals surface area contributed by atoms with Crippen LogP contribution in [0.15, 0.2) is 24.3 Å². The molecular weight excluding hydrogens is 250 g/mol. The fraction of sp³-hybridized carbons (Fsp3) is 0.647. The first kappa shape index (κ1) is 15.3. The Morgan fingerprint density at radius 1 is 1.20 bits per heavy atom. The topological polar surface area (TPSA) is 41.5 Å². The second kappa shape index (κ2) is 7.09. The van der Waals surface area contributed by atoms with E-state index in [-0.39, 0.29) is 24.3 Å². The third kappa shape index (κ3) is 4.22. The molecule has 1 aliphatic rings. The lowest BCUT2D eigenvalue weighted by Crippen LogP contribution is -2.43. The van der Waals surface area contributed by atoms with Gasteiger partial charge in [-0.3, -0.25) is 0 Å². The van der Waals surface area contributed by atoms with E-state index in [2.05, 4.69) is 24.4 Å². The number of aliphatic hydroxyl groups is 1. The molecule has 1 aromatic carbocycles. The second-order valence-corrected chi connectivity index (χ2v) is 6.09. The van der Waals surface area contributed by atoms with Crippen molar-refractivity contribution in [3.63, 3.8) is 0 Å². The molecule has 20 heavy (non-hydrogen) atoms. The Labute approximate surface area is 122 Å². The lowest BCUT2D eigenvalue weighted by molar-refractivity contribution is 0.0859. The number of aliphatic hydroxyl groups excluding tert-OH is 1. The number of nitrogens with one attached hydrogen (secondary N) is 1. The van der Waals surface area contributed by atoms with Crippen LogP contribution in [0, 0.1) is 0 Å². The molecule has 3 atom stereocenters. The van der Waals surface area contributed by atoms with Gasteiger partial charge in [-0.15, -0.1) is 0 Å². The minimum atomic E-state index is -0.207. The minimum Gasteiger partial charge on any atom is -0.491 e. The highest BCUT2D eigenvalue weighted by atomic mass is 16.5. The molecule has 1 aromatic rings. The van der Waals surface area contributed by atoms with E-state index in [1.807, 2.05) is 26.0 Å². The number of hydrogen-bond donors (Lipinski definition) is 2. The summed E-state index contributed by atoms with van der Waals surface area (Å²) in [4.78, 5) is 0. The van der Waals surface area contributed by atoms with Crippen LogP contribution in [0.5, 0.6) is 5.75 Å². The molecule has 1 aliphatic carbocycles. The van der Waals surface area contributed by atoms with Crippen molar-refractivity contribution in [3.8, 4) is 5.75 Å². The summed E-state index contributed by atoms with van der Waals surface area (Å²) < 4.78 is 5.74. The molecule has 2 N–H and O–H groups in total. The maximum atomic E-state index is 10.1. The van der Waals surface area contributed by atoms with Gasteiger partial charge in [-0.1, -0.05) is 25.0 Å². The van der Waals surface area contributed by atoms with Crippen molar-refractivity contribution in [2.45, 2.75) is 70.7 Å². The average Bonchev–Trinajstić information content (AvgIpc) is 2.41. The van der Waals surface area contributed by atoms with Gasteiger partial charge in [-0.2, -0.15) is 0 Å². The molecule has 0 radical (unpaired) electrons. The Hall–Kier alpha value is -1.06. The van der Waals surface area contributed by atoms with Crippen molar-refractivity contribution >= 4 is 0 Å². The van der Waals surface area contributed by atoms with Crippen LogP contribution in [-0.4, -0.2) is 23.4 Å². The lowest BCUT2D eigenvalue weighted by Gasteiger charge is -2.31. The largest absolute Gasteiger partial charge is 0.491 e. The highest BCUT2D eigenvalue weighted by molar-refractivity contribution is 5.30. The van der Waals surface area contributed by atoms with Gasteiger partial charge in [0.2, 0.25) is 0 Å². The Bertz CT molecular complexity index is 419. The molecule has 0 aliphatic heterocycles. The first-order chi connectivity index (χ1) is 9.56. The Balaban J connectivity index is 1.99. The Morgan fingerprint density at radius 2 is 1.95 bits per heavy atom. The monoisotopic (exact) mass is 277 g/mol. The van der Waals surface area contributed by atoms with Crippen LogP contribution in [0.4, 0.5) is 0 Å². The van der Waals surface area contributed by atoms with Crippen molar-refractivity contribution in [1.82, 2.24) is 5.32 Å². The highest BCUT2D eigenvalue weighted by Crippen LogP contribution is 2.24.